The summed E-state index contributed by atoms with van der Waals surface area (Å²) in [5.41, 5.74) is 7.53. The van der Waals surface area contributed by atoms with Crippen LogP contribution in [0.15, 0.2) is 11.6 Å². The highest BCUT2D eigenvalue weighted by molar-refractivity contribution is 5.09. The summed E-state index contributed by atoms with van der Waals surface area (Å²) in [7, 11) is 0. The molecule has 2 unspecified atom stereocenters. The molecule has 0 spiro atoms. The van der Waals surface area contributed by atoms with E-state index in [1.807, 2.05) is 0 Å². The second kappa shape index (κ2) is 4.94. The summed E-state index contributed by atoms with van der Waals surface area (Å²) in [5.74, 6) is 0. The summed E-state index contributed by atoms with van der Waals surface area (Å²) in [6, 6.07) is 0.300. The first kappa shape index (κ1) is 10.2. The van der Waals surface area contributed by atoms with Crippen LogP contribution in [0.5, 0.6) is 0 Å². The zero-order valence-corrected chi connectivity index (χ0v) is 8.87. The number of nitrogens with two attached hydrogens (primary N) is 1. The minimum absolute atomic E-state index is 0.300. The second-order valence-corrected chi connectivity index (χ2v) is 4.57. The van der Waals surface area contributed by atoms with Gasteiger partial charge in [0.25, 0.3) is 0 Å². The van der Waals surface area contributed by atoms with E-state index in [2.05, 4.69) is 6.08 Å². The first-order valence-electron chi connectivity index (χ1n) is 5.91. The molecule has 1 saturated heterocycles. The molecule has 2 heteroatoms. The molecule has 2 atom stereocenters. The maximum absolute atomic E-state index is 5.98. The van der Waals surface area contributed by atoms with E-state index in [1.165, 1.54) is 32.1 Å². The second-order valence-electron chi connectivity index (χ2n) is 4.57. The van der Waals surface area contributed by atoms with Gasteiger partial charge in [0.2, 0.25) is 0 Å². The molecule has 14 heavy (non-hydrogen) atoms. The van der Waals surface area contributed by atoms with Crippen molar-refractivity contribution in [3.8, 4) is 0 Å². The Kier molecular flexibility index (Phi) is 3.60. The van der Waals surface area contributed by atoms with Crippen molar-refractivity contribution < 1.29 is 4.74 Å². The van der Waals surface area contributed by atoms with Crippen LogP contribution in [0.4, 0.5) is 0 Å². The van der Waals surface area contributed by atoms with E-state index in [4.69, 9.17) is 10.5 Å². The topological polar surface area (TPSA) is 35.2 Å². The van der Waals surface area contributed by atoms with Crippen molar-refractivity contribution in [2.24, 2.45) is 5.73 Å². The predicted molar refractivity (Wildman–Crippen MR) is 58.1 cm³/mol. The van der Waals surface area contributed by atoms with E-state index >= 15 is 0 Å². The van der Waals surface area contributed by atoms with Gasteiger partial charge in [0.15, 0.2) is 0 Å². The largest absolute Gasteiger partial charge is 0.378 e. The van der Waals surface area contributed by atoms with Gasteiger partial charge >= 0.3 is 0 Å². The molecule has 2 rings (SSSR count). The normalized spacial score (nSPS) is 33.9. The molecule has 0 amide bonds. The van der Waals surface area contributed by atoms with Crippen molar-refractivity contribution in [3.05, 3.63) is 11.6 Å². The fourth-order valence-corrected chi connectivity index (χ4v) is 2.47. The summed E-state index contributed by atoms with van der Waals surface area (Å²) < 4.78 is 5.65. The van der Waals surface area contributed by atoms with Crippen LogP contribution in [-0.4, -0.2) is 18.8 Å². The van der Waals surface area contributed by atoms with Gasteiger partial charge in [0.1, 0.15) is 0 Å². The third-order valence-electron chi connectivity index (χ3n) is 3.25. The molecule has 2 nitrogen and oxygen atoms in total. The van der Waals surface area contributed by atoms with E-state index < -0.39 is 0 Å². The zero-order chi connectivity index (χ0) is 9.80. The molecule has 1 aliphatic heterocycles. The molecule has 2 N–H and O–H groups in total. The summed E-state index contributed by atoms with van der Waals surface area (Å²) in [5, 5.41) is 0. The van der Waals surface area contributed by atoms with Gasteiger partial charge in [-0.25, -0.2) is 0 Å². The van der Waals surface area contributed by atoms with Gasteiger partial charge in [0.05, 0.1) is 6.10 Å². The van der Waals surface area contributed by atoms with Gasteiger partial charge in [-0.15, -0.1) is 0 Å². The van der Waals surface area contributed by atoms with E-state index in [1.54, 1.807) is 5.57 Å². The number of hydrogen-bond donors (Lipinski definition) is 1. The maximum Gasteiger partial charge on any atom is 0.0613 e. The van der Waals surface area contributed by atoms with E-state index in [9.17, 15) is 0 Å². The first-order chi connectivity index (χ1) is 6.84. The molecular formula is C12H21NO. The molecule has 80 valence electrons. The first-order valence-corrected chi connectivity index (χ1v) is 5.91. The Morgan fingerprint density at radius 3 is 3.00 bits per heavy atom. The highest BCUT2D eigenvalue weighted by Crippen LogP contribution is 2.25. The van der Waals surface area contributed by atoms with Crippen molar-refractivity contribution in [1.82, 2.24) is 0 Å². The number of hydrogen-bond acceptors (Lipinski definition) is 2. The Morgan fingerprint density at radius 1 is 1.29 bits per heavy atom. The van der Waals surface area contributed by atoms with Crippen molar-refractivity contribution in [2.45, 2.75) is 57.1 Å². The Labute approximate surface area is 86.5 Å². The summed E-state index contributed by atoms with van der Waals surface area (Å²) in [6.07, 6.45) is 11.4. The summed E-state index contributed by atoms with van der Waals surface area (Å²) in [6.45, 7) is 0.962. The monoisotopic (exact) mass is 195 g/mol. The Bertz CT molecular complexity index is 206. The predicted octanol–water partition coefficient (Wildman–Crippen LogP) is 2.38. The van der Waals surface area contributed by atoms with Gasteiger partial charge in [-0.3, -0.25) is 0 Å². The Balaban J connectivity index is 1.87. The average molecular weight is 195 g/mol. The molecule has 0 aromatic rings. The Hall–Kier alpha value is -0.340. The SMILES string of the molecule is NC1C=C(CC2CCCO2)CCCC1. The highest BCUT2D eigenvalue weighted by atomic mass is 16.5. The van der Waals surface area contributed by atoms with Gasteiger partial charge < -0.3 is 10.5 Å². The molecule has 0 bridgehead atoms. The zero-order valence-electron chi connectivity index (χ0n) is 8.87. The number of rotatable bonds is 2. The van der Waals surface area contributed by atoms with Crippen LogP contribution in [0.25, 0.3) is 0 Å². The fraction of sp³-hybridized carbons (Fsp3) is 0.833. The molecule has 1 fully saturated rings. The lowest BCUT2D eigenvalue weighted by atomic mass is 10.0. The van der Waals surface area contributed by atoms with Crippen LogP contribution in [0, 0.1) is 0 Å². The smallest absolute Gasteiger partial charge is 0.0613 e. The third kappa shape index (κ3) is 2.82. The lowest BCUT2D eigenvalue weighted by molar-refractivity contribution is 0.110. The third-order valence-corrected chi connectivity index (χ3v) is 3.25. The van der Waals surface area contributed by atoms with Crippen LogP contribution in [0.2, 0.25) is 0 Å². The van der Waals surface area contributed by atoms with E-state index in [-0.39, 0.29) is 0 Å². The van der Waals surface area contributed by atoms with Gasteiger partial charge in [0, 0.05) is 12.6 Å². The van der Waals surface area contributed by atoms with Crippen molar-refractivity contribution in [2.75, 3.05) is 6.61 Å². The summed E-state index contributed by atoms with van der Waals surface area (Å²) >= 11 is 0. The van der Waals surface area contributed by atoms with E-state index in [0.29, 0.717) is 12.1 Å². The molecule has 0 saturated carbocycles. The van der Waals surface area contributed by atoms with Crippen molar-refractivity contribution in [3.63, 3.8) is 0 Å². The number of ether oxygens (including phenoxy) is 1. The average Bonchev–Trinajstić information content (AvgIpc) is 2.56. The lowest BCUT2D eigenvalue weighted by Crippen LogP contribution is -2.16. The van der Waals surface area contributed by atoms with Crippen LogP contribution in [-0.2, 0) is 4.74 Å². The van der Waals surface area contributed by atoms with Crippen LogP contribution in [0.3, 0.4) is 0 Å². The molecule has 0 aromatic carbocycles. The van der Waals surface area contributed by atoms with Crippen molar-refractivity contribution in [1.29, 1.82) is 0 Å². The Morgan fingerprint density at radius 2 is 2.21 bits per heavy atom. The summed E-state index contributed by atoms with van der Waals surface area (Å²) in [4.78, 5) is 0. The van der Waals surface area contributed by atoms with Gasteiger partial charge in [-0.1, -0.05) is 18.1 Å². The molecule has 0 radical (unpaired) electrons. The molecule has 1 heterocycles. The van der Waals surface area contributed by atoms with Crippen molar-refractivity contribution >= 4 is 0 Å². The minimum atomic E-state index is 0.300. The van der Waals surface area contributed by atoms with E-state index in [0.717, 1.165) is 19.4 Å². The maximum atomic E-state index is 5.98. The lowest BCUT2D eigenvalue weighted by Gasteiger charge is -2.12. The van der Waals surface area contributed by atoms with Crippen LogP contribution in [0.1, 0.15) is 44.9 Å². The van der Waals surface area contributed by atoms with Gasteiger partial charge in [-0.2, -0.15) is 0 Å². The van der Waals surface area contributed by atoms with Gasteiger partial charge in [-0.05, 0) is 38.5 Å². The molecular weight excluding hydrogens is 174 g/mol. The highest BCUT2D eigenvalue weighted by Gasteiger charge is 2.18. The quantitative estimate of drug-likeness (QED) is 0.687. The fourth-order valence-electron chi connectivity index (χ4n) is 2.47. The molecule has 2 aliphatic rings. The standard InChI is InChI=1S/C12H21NO/c13-11-5-2-1-4-10(8-11)9-12-6-3-7-14-12/h8,11-12H,1-7,9,13H2. The minimum Gasteiger partial charge on any atom is -0.378 e. The molecule has 0 aromatic heterocycles. The van der Waals surface area contributed by atoms with Crippen LogP contribution < -0.4 is 5.73 Å². The van der Waals surface area contributed by atoms with Crippen LogP contribution >= 0.6 is 0 Å². The molecule has 1 aliphatic carbocycles.